The Balaban J connectivity index is 0.000000671. The van der Waals surface area contributed by atoms with E-state index in [9.17, 15) is 4.79 Å². The van der Waals surface area contributed by atoms with Gasteiger partial charge in [0.05, 0.1) is 4.88 Å². The van der Waals surface area contributed by atoms with Crippen molar-refractivity contribution >= 4 is 17.6 Å². The second-order valence-electron chi connectivity index (χ2n) is 4.65. The SMILES string of the molecule is CC.CC.Cc1c(-c2ccccc2)sc(C=O)c1-c1ccccc1. The van der Waals surface area contributed by atoms with Crippen molar-refractivity contribution in [1.29, 1.82) is 0 Å². The number of hydrogen-bond acceptors (Lipinski definition) is 2. The zero-order valence-corrected chi connectivity index (χ0v) is 16.0. The number of benzene rings is 2. The van der Waals surface area contributed by atoms with E-state index in [0.717, 1.165) is 22.3 Å². The molecule has 1 aromatic heterocycles. The zero-order valence-electron chi connectivity index (χ0n) is 15.2. The Morgan fingerprint density at radius 2 is 1.21 bits per heavy atom. The molecule has 1 nitrogen and oxygen atoms in total. The molecule has 0 unspecified atom stereocenters. The lowest BCUT2D eigenvalue weighted by Gasteiger charge is -2.03. The number of aldehydes is 1. The first-order valence-electron chi connectivity index (χ1n) is 8.50. The Labute approximate surface area is 150 Å². The zero-order chi connectivity index (χ0) is 17.9. The molecule has 0 aliphatic rings. The summed E-state index contributed by atoms with van der Waals surface area (Å²) in [7, 11) is 0. The van der Waals surface area contributed by atoms with Crippen molar-refractivity contribution in [2.45, 2.75) is 34.6 Å². The van der Waals surface area contributed by atoms with Crippen LogP contribution < -0.4 is 0 Å². The molecule has 0 aliphatic carbocycles. The molecule has 2 aromatic carbocycles. The van der Waals surface area contributed by atoms with E-state index in [4.69, 9.17) is 0 Å². The monoisotopic (exact) mass is 338 g/mol. The van der Waals surface area contributed by atoms with Crippen LogP contribution in [0.1, 0.15) is 42.9 Å². The Morgan fingerprint density at radius 3 is 1.67 bits per heavy atom. The lowest BCUT2D eigenvalue weighted by Crippen LogP contribution is -1.83. The summed E-state index contributed by atoms with van der Waals surface area (Å²) in [5.41, 5.74) is 4.50. The average molecular weight is 339 g/mol. The highest BCUT2D eigenvalue weighted by molar-refractivity contribution is 7.17. The average Bonchev–Trinajstić information content (AvgIpc) is 3.03. The van der Waals surface area contributed by atoms with Gasteiger partial charge in [0, 0.05) is 10.4 Å². The molecule has 0 aliphatic heterocycles. The van der Waals surface area contributed by atoms with Gasteiger partial charge >= 0.3 is 0 Å². The molecule has 24 heavy (non-hydrogen) atoms. The van der Waals surface area contributed by atoms with Gasteiger partial charge in [0.2, 0.25) is 0 Å². The molecule has 1 heterocycles. The molecule has 0 saturated carbocycles. The van der Waals surface area contributed by atoms with Gasteiger partial charge in [-0.05, 0) is 23.6 Å². The van der Waals surface area contributed by atoms with Gasteiger partial charge in [-0.15, -0.1) is 11.3 Å². The third-order valence-corrected chi connectivity index (χ3v) is 4.65. The third kappa shape index (κ3) is 4.42. The number of carbonyl (C=O) groups excluding carboxylic acids is 1. The quantitative estimate of drug-likeness (QED) is 0.459. The van der Waals surface area contributed by atoms with E-state index in [1.165, 1.54) is 16.0 Å². The highest BCUT2D eigenvalue weighted by atomic mass is 32.1. The van der Waals surface area contributed by atoms with Crippen molar-refractivity contribution in [3.05, 3.63) is 71.1 Å². The fourth-order valence-corrected chi connectivity index (χ4v) is 3.60. The van der Waals surface area contributed by atoms with Crippen LogP contribution in [-0.2, 0) is 0 Å². The minimum absolute atomic E-state index is 0.799. The molecular weight excluding hydrogens is 312 g/mol. The van der Waals surface area contributed by atoms with Crippen LogP contribution in [-0.4, -0.2) is 6.29 Å². The third-order valence-electron chi connectivity index (χ3n) is 3.38. The maximum Gasteiger partial charge on any atom is 0.160 e. The molecule has 0 N–H and O–H groups in total. The second kappa shape index (κ2) is 10.6. The molecule has 0 saturated heterocycles. The van der Waals surface area contributed by atoms with E-state index in [1.54, 1.807) is 11.3 Å². The lowest BCUT2D eigenvalue weighted by atomic mass is 9.99. The molecule has 3 aromatic rings. The topological polar surface area (TPSA) is 17.1 Å². The molecule has 2 heteroatoms. The van der Waals surface area contributed by atoms with E-state index < -0.39 is 0 Å². The summed E-state index contributed by atoms with van der Waals surface area (Å²) in [6.45, 7) is 10.1. The highest BCUT2D eigenvalue weighted by Crippen LogP contribution is 2.40. The van der Waals surface area contributed by atoms with Crippen molar-refractivity contribution < 1.29 is 4.79 Å². The van der Waals surface area contributed by atoms with Gasteiger partial charge < -0.3 is 0 Å². The summed E-state index contributed by atoms with van der Waals surface area (Å²) < 4.78 is 0. The van der Waals surface area contributed by atoms with Crippen LogP contribution >= 0.6 is 11.3 Å². The van der Waals surface area contributed by atoms with Gasteiger partial charge in [-0.2, -0.15) is 0 Å². The van der Waals surface area contributed by atoms with Gasteiger partial charge in [-0.25, -0.2) is 0 Å². The first-order valence-corrected chi connectivity index (χ1v) is 9.32. The van der Waals surface area contributed by atoms with E-state index in [2.05, 4.69) is 31.2 Å². The summed E-state index contributed by atoms with van der Waals surface area (Å²) in [4.78, 5) is 13.4. The summed E-state index contributed by atoms with van der Waals surface area (Å²) in [6, 6.07) is 20.3. The van der Waals surface area contributed by atoms with Gasteiger partial charge in [0.25, 0.3) is 0 Å². The number of rotatable bonds is 3. The first kappa shape index (κ1) is 19.9. The van der Waals surface area contributed by atoms with Crippen molar-refractivity contribution in [2.75, 3.05) is 0 Å². The molecule has 0 radical (unpaired) electrons. The van der Waals surface area contributed by atoms with Gasteiger partial charge in [0.1, 0.15) is 0 Å². The van der Waals surface area contributed by atoms with Crippen molar-refractivity contribution in [1.82, 2.24) is 0 Å². The molecular formula is C22H26OS. The number of hydrogen-bond donors (Lipinski definition) is 0. The Hall–Kier alpha value is -2.19. The molecule has 0 amide bonds. The molecule has 0 atom stereocenters. The molecule has 0 spiro atoms. The largest absolute Gasteiger partial charge is 0.297 e. The molecule has 0 fully saturated rings. The smallest absolute Gasteiger partial charge is 0.160 e. The summed E-state index contributed by atoms with van der Waals surface area (Å²) in [6.07, 6.45) is 0.965. The van der Waals surface area contributed by atoms with E-state index in [0.29, 0.717) is 0 Å². The number of carbonyl (C=O) groups is 1. The van der Waals surface area contributed by atoms with Crippen LogP contribution in [0.4, 0.5) is 0 Å². The predicted molar refractivity (Wildman–Crippen MR) is 108 cm³/mol. The Bertz CT molecular complexity index is 727. The minimum atomic E-state index is 0.799. The van der Waals surface area contributed by atoms with Crippen LogP contribution in [0.2, 0.25) is 0 Å². The Kier molecular flexibility index (Phi) is 8.74. The normalized spacial score (nSPS) is 9.21. The molecule has 126 valence electrons. The van der Waals surface area contributed by atoms with Crippen LogP contribution in [0, 0.1) is 6.92 Å². The van der Waals surface area contributed by atoms with E-state index in [1.807, 2.05) is 64.1 Å². The van der Waals surface area contributed by atoms with E-state index in [-0.39, 0.29) is 0 Å². The maximum absolute atomic E-state index is 11.4. The standard InChI is InChI=1S/C18H14OS.2C2H6/c1-13-17(14-8-4-2-5-9-14)16(12-19)20-18(13)15-10-6-3-7-11-15;2*1-2/h2-12H,1H3;2*1-2H3. The molecule has 3 rings (SSSR count). The van der Waals surface area contributed by atoms with Crippen LogP contribution in [0.5, 0.6) is 0 Å². The summed E-state index contributed by atoms with van der Waals surface area (Å²) in [5.74, 6) is 0. The van der Waals surface area contributed by atoms with Crippen LogP contribution in [0.3, 0.4) is 0 Å². The van der Waals surface area contributed by atoms with E-state index >= 15 is 0 Å². The minimum Gasteiger partial charge on any atom is -0.297 e. The fraction of sp³-hybridized carbons (Fsp3) is 0.227. The lowest BCUT2D eigenvalue weighted by molar-refractivity contribution is 0.112. The summed E-state index contributed by atoms with van der Waals surface area (Å²) in [5, 5.41) is 0. The van der Waals surface area contributed by atoms with Crippen LogP contribution in [0.25, 0.3) is 21.6 Å². The van der Waals surface area contributed by atoms with Crippen molar-refractivity contribution in [2.24, 2.45) is 0 Å². The maximum atomic E-state index is 11.4. The fourth-order valence-electron chi connectivity index (χ4n) is 2.45. The van der Waals surface area contributed by atoms with Crippen molar-refractivity contribution in [3.63, 3.8) is 0 Å². The van der Waals surface area contributed by atoms with Gasteiger partial charge in [-0.1, -0.05) is 88.4 Å². The van der Waals surface area contributed by atoms with Crippen LogP contribution in [0.15, 0.2) is 60.7 Å². The second-order valence-corrected chi connectivity index (χ2v) is 5.70. The highest BCUT2D eigenvalue weighted by Gasteiger charge is 2.16. The van der Waals surface area contributed by atoms with Gasteiger partial charge in [0.15, 0.2) is 6.29 Å². The van der Waals surface area contributed by atoms with Crippen molar-refractivity contribution in [3.8, 4) is 21.6 Å². The number of thiophene rings is 1. The first-order chi connectivity index (χ1) is 11.8. The van der Waals surface area contributed by atoms with Gasteiger partial charge in [-0.3, -0.25) is 4.79 Å². The summed E-state index contributed by atoms with van der Waals surface area (Å²) >= 11 is 1.57. The predicted octanol–water partition coefficient (Wildman–Crippen LogP) is 7.26. The Morgan fingerprint density at radius 1 is 0.750 bits per heavy atom. The molecule has 0 bridgehead atoms.